The molecular formula is C22H22F3N5O3. The molecule has 8 nitrogen and oxygen atoms in total. The molecule has 2 amide bonds. The minimum Gasteiger partial charge on any atom is -0.382 e. The van der Waals surface area contributed by atoms with Crippen LogP contribution in [0, 0.1) is 0 Å². The van der Waals surface area contributed by atoms with Crippen LogP contribution in [0.1, 0.15) is 39.9 Å². The Morgan fingerprint density at radius 3 is 2.55 bits per heavy atom. The predicted octanol–water partition coefficient (Wildman–Crippen LogP) is 4.03. The number of rotatable bonds is 5. The highest BCUT2D eigenvalue weighted by Crippen LogP contribution is 2.33. The summed E-state index contributed by atoms with van der Waals surface area (Å²) in [5, 5.41) is 6.87. The number of hydrogen-bond donors (Lipinski definition) is 1. The normalized spacial score (nSPS) is 15.6. The van der Waals surface area contributed by atoms with E-state index in [0.29, 0.717) is 5.69 Å². The second-order valence-corrected chi connectivity index (χ2v) is 7.12. The fourth-order valence-electron chi connectivity index (χ4n) is 3.52. The van der Waals surface area contributed by atoms with Crippen molar-refractivity contribution in [1.82, 2.24) is 14.8 Å². The molecule has 0 saturated heterocycles. The molecule has 1 aliphatic rings. The molecule has 33 heavy (non-hydrogen) atoms. The van der Waals surface area contributed by atoms with Gasteiger partial charge in [0.2, 0.25) is 0 Å². The number of ether oxygens (including phenoxy) is 1. The van der Waals surface area contributed by atoms with Gasteiger partial charge in [0, 0.05) is 19.0 Å². The molecule has 1 aliphatic heterocycles. The van der Waals surface area contributed by atoms with E-state index in [4.69, 9.17) is 4.74 Å². The lowest BCUT2D eigenvalue weighted by Crippen LogP contribution is -2.45. The second kappa shape index (κ2) is 9.41. The van der Waals surface area contributed by atoms with Gasteiger partial charge in [0.1, 0.15) is 5.69 Å². The van der Waals surface area contributed by atoms with Crippen LogP contribution in [0.2, 0.25) is 0 Å². The van der Waals surface area contributed by atoms with Gasteiger partial charge in [-0.3, -0.25) is 19.3 Å². The molecule has 0 radical (unpaired) electrons. The monoisotopic (exact) mass is 461 g/mol. The highest BCUT2D eigenvalue weighted by molar-refractivity contribution is 6.15. The van der Waals surface area contributed by atoms with E-state index >= 15 is 0 Å². The van der Waals surface area contributed by atoms with Crippen molar-refractivity contribution >= 4 is 23.2 Å². The van der Waals surface area contributed by atoms with Crippen molar-refractivity contribution in [2.45, 2.75) is 19.6 Å². The van der Waals surface area contributed by atoms with Crippen LogP contribution >= 0.6 is 0 Å². The molecule has 0 fully saturated rings. The van der Waals surface area contributed by atoms with E-state index in [-0.39, 0.29) is 37.5 Å². The summed E-state index contributed by atoms with van der Waals surface area (Å²) in [6.07, 6.45) is -0.187. The molecular weight excluding hydrogens is 439 g/mol. The number of benzene rings is 1. The molecule has 1 unspecified atom stereocenters. The van der Waals surface area contributed by atoms with Crippen molar-refractivity contribution in [1.29, 1.82) is 0 Å². The average Bonchev–Trinajstić information content (AvgIpc) is 3.22. The zero-order valence-corrected chi connectivity index (χ0v) is 16.8. The van der Waals surface area contributed by atoms with E-state index in [1.165, 1.54) is 41.2 Å². The van der Waals surface area contributed by atoms with Crippen LogP contribution in [0.4, 0.5) is 24.5 Å². The van der Waals surface area contributed by atoms with Crippen molar-refractivity contribution in [2.24, 2.45) is 0 Å². The number of alkyl halides is 3. The summed E-state index contributed by atoms with van der Waals surface area (Å²) in [7, 11) is 1.48. The molecule has 0 bridgehead atoms. The number of carbonyl (C=O) groups excluding carboxylic acids is 2. The largest absolute Gasteiger partial charge is 0.416 e. The van der Waals surface area contributed by atoms with Gasteiger partial charge >= 0.3 is 6.18 Å². The number of amides is 2. The summed E-state index contributed by atoms with van der Waals surface area (Å²) in [6, 6.07) is 7.14. The fraction of sp³-hybridized carbons (Fsp3) is 0.273. The molecule has 0 saturated carbocycles. The Labute approximate surface area is 188 Å². The van der Waals surface area contributed by atoms with Crippen molar-refractivity contribution in [3.63, 3.8) is 0 Å². The Morgan fingerprint density at radius 1 is 1.21 bits per heavy atom. The molecule has 1 atom stereocenters. The van der Waals surface area contributed by atoms with Gasteiger partial charge in [0.25, 0.3) is 11.8 Å². The van der Waals surface area contributed by atoms with Crippen LogP contribution in [0.3, 0.4) is 0 Å². The Hall–Kier alpha value is -3.73. The fourth-order valence-corrected chi connectivity index (χ4v) is 3.52. The lowest BCUT2D eigenvalue weighted by Gasteiger charge is -2.33. The number of aromatic nitrogens is 3. The van der Waals surface area contributed by atoms with Gasteiger partial charge in [0.05, 0.1) is 48.4 Å². The maximum Gasteiger partial charge on any atom is 0.416 e. The molecule has 11 heteroatoms. The molecule has 174 valence electrons. The molecule has 3 heterocycles. The molecule has 3 aromatic rings. The van der Waals surface area contributed by atoms with E-state index in [2.05, 4.69) is 15.4 Å². The summed E-state index contributed by atoms with van der Waals surface area (Å²) in [5.41, 5.74) is -0.0409. The van der Waals surface area contributed by atoms with Crippen molar-refractivity contribution in [3.8, 4) is 0 Å². The Bertz CT molecular complexity index is 1130. The van der Waals surface area contributed by atoms with Gasteiger partial charge in [-0.15, -0.1) is 0 Å². The van der Waals surface area contributed by atoms with Crippen molar-refractivity contribution in [2.75, 3.05) is 30.5 Å². The number of hydrogen-bond acceptors (Lipinski definition) is 5. The quantitative estimate of drug-likeness (QED) is 0.620. The smallest absolute Gasteiger partial charge is 0.382 e. The highest BCUT2D eigenvalue weighted by Gasteiger charge is 2.37. The number of fused-ring (bicyclic) bond motifs is 1. The molecule has 0 spiro atoms. The van der Waals surface area contributed by atoms with Gasteiger partial charge in [-0.2, -0.15) is 18.3 Å². The minimum absolute atomic E-state index is 0. The van der Waals surface area contributed by atoms with Crippen LogP contribution in [0.15, 0.2) is 55.0 Å². The van der Waals surface area contributed by atoms with Crippen LogP contribution < -0.4 is 10.2 Å². The van der Waals surface area contributed by atoms with Crippen LogP contribution in [-0.2, 0) is 10.9 Å². The number of methoxy groups -OCH3 is 1. The van der Waals surface area contributed by atoms with Crippen LogP contribution in [-0.4, -0.2) is 46.8 Å². The van der Waals surface area contributed by atoms with Crippen molar-refractivity contribution in [3.05, 3.63) is 71.8 Å². The first-order valence-corrected chi connectivity index (χ1v) is 9.56. The number of pyridine rings is 1. The first kappa shape index (κ1) is 23.9. The third-order valence-electron chi connectivity index (χ3n) is 5.01. The second-order valence-electron chi connectivity index (χ2n) is 7.12. The number of nitrogens with one attached hydrogen (secondary N) is 1. The first-order chi connectivity index (χ1) is 15.3. The summed E-state index contributed by atoms with van der Waals surface area (Å²) >= 11 is 0. The number of carbonyl (C=O) groups is 2. The summed E-state index contributed by atoms with van der Waals surface area (Å²) in [6.45, 7) is 0.305. The SMILES string of the molecule is C.COCC1CN(c2ccc(C(F)(F)F)cc2)C(=O)c2c(C(=O)Nc3cccnc3)cnn21. The molecule has 1 N–H and O–H groups in total. The standard InChI is InChI=1S/C21H18F3N5O3.CH4/c1-32-12-16-11-28(15-6-4-13(5-7-15)21(22,23)24)20(31)18-17(10-26-29(16)18)19(30)27-14-3-2-8-25-9-14;/h2-10,16H,11-12H2,1H3,(H,27,30);1H4. The maximum atomic E-state index is 13.3. The summed E-state index contributed by atoms with van der Waals surface area (Å²) in [4.78, 5) is 31.4. The zero-order chi connectivity index (χ0) is 22.9. The minimum atomic E-state index is -4.49. The molecule has 1 aromatic carbocycles. The Kier molecular flexibility index (Phi) is 6.82. The zero-order valence-electron chi connectivity index (χ0n) is 16.8. The molecule has 4 rings (SSSR count). The van der Waals surface area contributed by atoms with E-state index < -0.39 is 29.6 Å². The van der Waals surface area contributed by atoms with Gasteiger partial charge < -0.3 is 15.0 Å². The van der Waals surface area contributed by atoms with Crippen LogP contribution in [0.25, 0.3) is 0 Å². The average molecular weight is 461 g/mol. The van der Waals surface area contributed by atoms with Gasteiger partial charge in [-0.05, 0) is 36.4 Å². The lowest BCUT2D eigenvalue weighted by atomic mass is 10.1. The van der Waals surface area contributed by atoms with Crippen LogP contribution in [0.5, 0.6) is 0 Å². The summed E-state index contributed by atoms with van der Waals surface area (Å²) < 4.78 is 45.4. The number of nitrogens with zero attached hydrogens (tertiary/aromatic N) is 4. The topological polar surface area (TPSA) is 89.3 Å². The van der Waals surface area contributed by atoms with E-state index in [0.717, 1.165) is 12.1 Å². The van der Waals surface area contributed by atoms with E-state index in [1.54, 1.807) is 18.3 Å². The van der Waals surface area contributed by atoms with Gasteiger partial charge in [-0.1, -0.05) is 7.43 Å². The highest BCUT2D eigenvalue weighted by atomic mass is 19.4. The third kappa shape index (κ3) is 4.72. The summed E-state index contributed by atoms with van der Waals surface area (Å²) in [5.74, 6) is -1.11. The third-order valence-corrected chi connectivity index (χ3v) is 5.01. The lowest BCUT2D eigenvalue weighted by molar-refractivity contribution is -0.137. The maximum absolute atomic E-state index is 13.3. The first-order valence-electron chi connectivity index (χ1n) is 9.56. The van der Waals surface area contributed by atoms with Gasteiger partial charge in [0.15, 0.2) is 0 Å². The van der Waals surface area contributed by atoms with E-state index in [9.17, 15) is 22.8 Å². The Balaban J connectivity index is 0.00000306. The van der Waals surface area contributed by atoms with Crippen molar-refractivity contribution < 1.29 is 27.5 Å². The van der Waals surface area contributed by atoms with Gasteiger partial charge in [-0.25, -0.2) is 0 Å². The Morgan fingerprint density at radius 2 is 1.94 bits per heavy atom. The number of halogens is 3. The molecule has 0 aliphatic carbocycles. The molecule has 2 aromatic heterocycles. The number of anilines is 2. The predicted molar refractivity (Wildman–Crippen MR) is 115 cm³/mol. The van der Waals surface area contributed by atoms with E-state index in [1.807, 2.05) is 0 Å².